The third-order valence-corrected chi connectivity index (χ3v) is 10.4. The normalized spacial score (nSPS) is 13.9. The zero-order chi connectivity index (χ0) is 19.1. The van der Waals surface area contributed by atoms with E-state index in [0.29, 0.717) is 15.5 Å². The molecular weight excluding hydrogens is 369 g/mol. The van der Waals surface area contributed by atoms with Gasteiger partial charge < -0.3 is 4.43 Å². The van der Waals surface area contributed by atoms with Gasteiger partial charge in [-0.15, -0.1) is 0 Å². The Morgan fingerprint density at radius 2 is 1.52 bits per heavy atom. The molecule has 0 aliphatic rings. The van der Waals surface area contributed by atoms with Crippen LogP contribution < -0.4 is 0 Å². The van der Waals surface area contributed by atoms with Crippen LogP contribution in [0.1, 0.15) is 78.9 Å². The predicted molar refractivity (Wildman–Crippen MR) is 113 cm³/mol. The number of unbranched alkanes of at least 4 members (excludes halogenated alkanes) is 1. The van der Waals surface area contributed by atoms with E-state index in [1.165, 1.54) is 12.8 Å². The van der Waals surface area contributed by atoms with Crippen molar-refractivity contribution >= 4 is 31.5 Å². The maximum atomic E-state index is 6.81. The Balaban J connectivity index is 2.98. The number of pyridine rings is 1. The molecule has 5 heteroatoms. The number of hydrogen-bond donors (Lipinski definition) is 0. The molecule has 1 atom stereocenters. The molecule has 0 aromatic carbocycles. The fourth-order valence-corrected chi connectivity index (χ4v) is 6.73. The van der Waals surface area contributed by atoms with E-state index >= 15 is 0 Å². The molecule has 1 aromatic rings. The number of halogens is 2. The van der Waals surface area contributed by atoms with Crippen LogP contribution in [0.15, 0.2) is 12.4 Å². The second-order valence-electron chi connectivity index (χ2n) is 8.17. The fourth-order valence-electron chi connectivity index (χ4n) is 3.28. The molecule has 1 heterocycles. The first-order chi connectivity index (χ1) is 11.7. The quantitative estimate of drug-likeness (QED) is 0.291. The van der Waals surface area contributed by atoms with Crippen LogP contribution in [-0.2, 0) is 4.43 Å². The van der Waals surface area contributed by atoms with Crippen LogP contribution in [0.3, 0.4) is 0 Å². The van der Waals surface area contributed by atoms with Gasteiger partial charge in [-0.05, 0) is 36.4 Å². The Bertz CT molecular complexity index is 498. The highest BCUT2D eigenvalue weighted by molar-refractivity contribution is 6.73. The van der Waals surface area contributed by atoms with Crippen molar-refractivity contribution in [3.63, 3.8) is 0 Å². The highest BCUT2D eigenvalue weighted by Gasteiger charge is 2.33. The van der Waals surface area contributed by atoms with Crippen molar-refractivity contribution in [1.82, 2.24) is 4.98 Å². The van der Waals surface area contributed by atoms with Crippen LogP contribution in [0, 0.1) is 5.41 Å². The first kappa shape index (κ1) is 22.9. The first-order valence-electron chi connectivity index (χ1n) is 9.64. The topological polar surface area (TPSA) is 22.1 Å². The smallest absolute Gasteiger partial charge is 0.192 e. The lowest BCUT2D eigenvalue weighted by Gasteiger charge is -2.34. The van der Waals surface area contributed by atoms with Gasteiger partial charge >= 0.3 is 0 Å². The summed E-state index contributed by atoms with van der Waals surface area (Å²) in [6, 6.07) is 3.37. The van der Waals surface area contributed by atoms with Crippen molar-refractivity contribution in [3.8, 4) is 0 Å². The van der Waals surface area contributed by atoms with Crippen LogP contribution in [0.4, 0.5) is 0 Å². The molecule has 0 aliphatic carbocycles. The van der Waals surface area contributed by atoms with Gasteiger partial charge in [0.2, 0.25) is 0 Å². The van der Waals surface area contributed by atoms with Gasteiger partial charge in [-0.2, -0.15) is 0 Å². The SMILES string of the molecule is CC[Si](CC)(CC)OC(CCCCC(C)(C)C)c1c(Cl)cncc1Cl. The average Bonchev–Trinajstić information content (AvgIpc) is 2.55. The summed E-state index contributed by atoms with van der Waals surface area (Å²) >= 11 is 12.9. The van der Waals surface area contributed by atoms with E-state index in [2.05, 4.69) is 46.5 Å². The van der Waals surface area contributed by atoms with Crippen molar-refractivity contribution in [2.24, 2.45) is 5.41 Å². The van der Waals surface area contributed by atoms with Gasteiger partial charge in [0.25, 0.3) is 0 Å². The van der Waals surface area contributed by atoms with Crippen molar-refractivity contribution in [2.75, 3.05) is 0 Å². The maximum Gasteiger partial charge on any atom is 0.192 e. The van der Waals surface area contributed by atoms with E-state index < -0.39 is 8.32 Å². The van der Waals surface area contributed by atoms with Gasteiger partial charge in [0.05, 0.1) is 16.1 Å². The molecule has 25 heavy (non-hydrogen) atoms. The minimum absolute atomic E-state index is 0.0190. The van der Waals surface area contributed by atoms with Gasteiger partial charge in [0.15, 0.2) is 8.32 Å². The summed E-state index contributed by atoms with van der Waals surface area (Å²) in [6.45, 7) is 13.6. The van der Waals surface area contributed by atoms with E-state index in [1.54, 1.807) is 12.4 Å². The Morgan fingerprint density at radius 3 is 1.96 bits per heavy atom. The minimum atomic E-state index is -1.74. The highest BCUT2D eigenvalue weighted by atomic mass is 35.5. The third-order valence-electron chi connectivity index (χ3n) is 5.18. The monoisotopic (exact) mass is 403 g/mol. The van der Waals surface area contributed by atoms with Crippen LogP contribution in [0.2, 0.25) is 28.2 Å². The van der Waals surface area contributed by atoms with Crippen molar-refractivity contribution in [1.29, 1.82) is 0 Å². The zero-order valence-electron chi connectivity index (χ0n) is 16.8. The fraction of sp³-hybridized carbons (Fsp3) is 0.750. The van der Waals surface area contributed by atoms with Gasteiger partial charge in [0.1, 0.15) is 0 Å². The lowest BCUT2D eigenvalue weighted by molar-refractivity contribution is 0.173. The van der Waals surface area contributed by atoms with Gasteiger partial charge in [-0.1, -0.05) is 77.6 Å². The van der Waals surface area contributed by atoms with E-state index in [1.807, 2.05) is 0 Å². The lowest BCUT2D eigenvalue weighted by Crippen LogP contribution is -2.37. The number of hydrogen-bond acceptors (Lipinski definition) is 2. The Morgan fingerprint density at radius 1 is 1.00 bits per heavy atom. The van der Waals surface area contributed by atoms with E-state index in [9.17, 15) is 0 Å². The minimum Gasteiger partial charge on any atom is -0.410 e. The largest absolute Gasteiger partial charge is 0.410 e. The summed E-state index contributed by atoms with van der Waals surface area (Å²) in [5.74, 6) is 0. The van der Waals surface area contributed by atoms with E-state index in [4.69, 9.17) is 27.6 Å². The lowest BCUT2D eigenvalue weighted by atomic mass is 9.89. The van der Waals surface area contributed by atoms with E-state index in [-0.39, 0.29) is 6.10 Å². The third kappa shape index (κ3) is 7.20. The first-order valence-corrected chi connectivity index (χ1v) is 12.9. The van der Waals surface area contributed by atoms with Crippen LogP contribution >= 0.6 is 23.2 Å². The molecule has 0 bridgehead atoms. The summed E-state index contributed by atoms with van der Waals surface area (Å²) in [7, 11) is -1.74. The van der Waals surface area contributed by atoms with Crippen molar-refractivity contribution in [3.05, 3.63) is 28.0 Å². The maximum absolute atomic E-state index is 6.81. The molecule has 0 fully saturated rings. The van der Waals surface area contributed by atoms with Crippen molar-refractivity contribution in [2.45, 2.75) is 91.5 Å². The van der Waals surface area contributed by atoms with Crippen LogP contribution in [0.5, 0.6) is 0 Å². The predicted octanol–water partition coefficient (Wildman–Crippen LogP) is 8.06. The summed E-state index contributed by atoms with van der Waals surface area (Å²) in [5.41, 5.74) is 1.30. The van der Waals surface area contributed by atoms with Gasteiger partial charge in [0, 0.05) is 18.0 Å². The number of rotatable bonds is 10. The summed E-state index contributed by atoms with van der Waals surface area (Å²) < 4.78 is 6.81. The molecule has 0 aliphatic heterocycles. The zero-order valence-corrected chi connectivity index (χ0v) is 19.3. The van der Waals surface area contributed by atoms with E-state index in [0.717, 1.165) is 36.5 Å². The second-order valence-corrected chi connectivity index (χ2v) is 13.7. The molecule has 0 saturated carbocycles. The van der Waals surface area contributed by atoms with Gasteiger partial charge in [-0.3, -0.25) is 4.98 Å². The number of aromatic nitrogens is 1. The molecule has 1 aromatic heterocycles. The highest BCUT2D eigenvalue weighted by Crippen LogP contribution is 2.39. The Labute approximate surface area is 165 Å². The summed E-state index contributed by atoms with van der Waals surface area (Å²) in [5, 5.41) is 1.25. The van der Waals surface area contributed by atoms with Crippen LogP contribution in [-0.4, -0.2) is 13.3 Å². The molecule has 144 valence electrons. The average molecular weight is 404 g/mol. The molecule has 0 N–H and O–H groups in total. The molecule has 1 rings (SSSR count). The molecule has 0 radical (unpaired) electrons. The molecular formula is C20H35Cl2NOSi. The Kier molecular flexibility index (Phi) is 9.45. The molecule has 0 saturated heterocycles. The van der Waals surface area contributed by atoms with Gasteiger partial charge in [-0.25, -0.2) is 0 Å². The molecule has 2 nitrogen and oxygen atoms in total. The number of nitrogens with zero attached hydrogens (tertiary/aromatic N) is 1. The summed E-state index contributed by atoms with van der Waals surface area (Å²) in [4.78, 5) is 4.10. The Hall–Kier alpha value is -0.0931. The van der Waals surface area contributed by atoms with Crippen LogP contribution in [0.25, 0.3) is 0 Å². The standard InChI is InChI=1S/C20H35Cl2NOSi/c1-7-25(8-2,9-3)24-18(12-10-11-13-20(4,5)6)19-16(21)14-23-15-17(19)22/h14-15,18H,7-13H2,1-6H3. The van der Waals surface area contributed by atoms with Crippen molar-refractivity contribution < 1.29 is 4.43 Å². The molecule has 0 spiro atoms. The molecule has 1 unspecified atom stereocenters. The second kappa shape index (κ2) is 10.3. The summed E-state index contributed by atoms with van der Waals surface area (Å²) in [6.07, 6.45) is 7.85. The molecule has 0 amide bonds.